The van der Waals surface area contributed by atoms with Crippen LogP contribution in [0.1, 0.15) is 337 Å². The predicted molar refractivity (Wildman–Crippen MR) is 460 cm³/mol. The van der Waals surface area contributed by atoms with Gasteiger partial charge in [-0.25, -0.2) is 0 Å². The molecule has 0 spiro atoms. The summed E-state index contributed by atoms with van der Waals surface area (Å²) in [5.74, 6) is 3.35. The summed E-state index contributed by atoms with van der Waals surface area (Å²) < 4.78 is 120. The third kappa shape index (κ3) is 15.0. The van der Waals surface area contributed by atoms with Crippen LogP contribution in [0, 0.1) is 0 Å². The minimum Gasteiger partial charge on any atom is -0.385 e. The average molecular weight is 1590 g/mol. The van der Waals surface area contributed by atoms with Crippen molar-refractivity contribution < 1.29 is 54.4 Å². The van der Waals surface area contributed by atoms with Gasteiger partial charge in [-0.1, -0.05) is 296 Å². The number of phosphoric ester groups is 3. The Bertz CT molecular complexity index is 5410. The zero-order valence-corrected chi connectivity index (χ0v) is 75.2. The van der Waals surface area contributed by atoms with Crippen molar-refractivity contribution in [3.8, 4) is 51.7 Å². The molecule has 9 aromatic rings. The maximum absolute atomic E-state index is 18.5. The lowest BCUT2D eigenvalue weighted by Crippen LogP contribution is -2.22. The first-order valence-corrected chi connectivity index (χ1v) is 45.4. The Balaban J connectivity index is 1.10. The van der Waals surface area contributed by atoms with Crippen LogP contribution in [0.15, 0.2) is 109 Å². The molecule has 0 N–H and O–H groups in total. The zero-order valence-electron chi connectivity index (χ0n) is 72.5. The molecule has 12 nitrogen and oxygen atoms in total. The summed E-state index contributed by atoms with van der Waals surface area (Å²) in [5.41, 5.74) is 19.2. The van der Waals surface area contributed by atoms with Crippen LogP contribution in [0.4, 0.5) is 0 Å². The quantitative estimate of drug-likeness (QED) is 0.134. The Kier molecular flexibility index (Phi) is 18.3. The Morgan fingerprint density at radius 1 is 0.158 bits per heavy atom. The van der Waals surface area contributed by atoms with Gasteiger partial charge in [-0.2, -0.15) is 13.7 Å². The number of phosphoric acid groups is 3. The van der Waals surface area contributed by atoms with Crippen molar-refractivity contribution in [2.75, 3.05) is 0 Å². The Labute approximate surface area is 678 Å². The summed E-state index contributed by atoms with van der Waals surface area (Å²) in [7, 11) is -14.8. The number of hydrogen-bond acceptors (Lipinski definition) is 12. The molecule has 9 aromatic carbocycles. The van der Waals surface area contributed by atoms with Gasteiger partial charge in [0.2, 0.25) is 0 Å². The highest BCUT2D eigenvalue weighted by Gasteiger charge is 2.48. The first-order chi connectivity index (χ1) is 52.5. The second-order valence-corrected chi connectivity index (χ2v) is 47.4. The lowest BCUT2D eigenvalue weighted by Gasteiger charge is -2.35. The molecule has 0 amide bonds. The highest BCUT2D eigenvalue weighted by molar-refractivity contribution is 7.50. The topological polar surface area (TPSA) is 134 Å². The first-order valence-electron chi connectivity index (χ1n) is 41.0. The van der Waals surface area contributed by atoms with E-state index in [9.17, 15) is 0 Å². The summed E-state index contributed by atoms with van der Waals surface area (Å²) in [4.78, 5) is 0. The van der Waals surface area contributed by atoms with Crippen molar-refractivity contribution >= 4 is 23.5 Å². The molecule has 0 aromatic heterocycles. The summed E-state index contributed by atoms with van der Waals surface area (Å²) in [6.45, 7) is 59.8. The molecule has 0 saturated carbocycles. The summed E-state index contributed by atoms with van der Waals surface area (Å²) in [6, 6.07) is 39.5. The maximum Gasteiger partial charge on any atom is 0.647 e. The van der Waals surface area contributed by atoms with Crippen LogP contribution in [0.2, 0.25) is 0 Å². The van der Waals surface area contributed by atoms with E-state index < -0.39 is 61.4 Å². The van der Waals surface area contributed by atoms with E-state index in [1.165, 1.54) is 0 Å². The molecule has 0 aliphatic carbocycles. The van der Waals surface area contributed by atoms with Gasteiger partial charge < -0.3 is 40.7 Å². The average Bonchev–Trinajstić information content (AvgIpc) is 0.738. The van der Waals surface area contributed by atoms with Gasteiger partial charge in [0.25, 0.3) is 0 Å². The monoisotopic (exact) mass is 1590 g/mol. The minimum atomic E-state index is -5.18. The van der Waals surface area contributed by atoms with E-state index >= 15 is 13.7 Å². The van der Waals surface area contributed by atoms with Gasteiger partial charge in [-0.3, -0.25) is 0 Å². The molecule has 7 heterocycles. The highest BCUT2D eigenvalue weighted by Crippen LogP contribution is 2.64. The lowest BCUT2D eigenvalue weighted by molar-refractivity contribution is 0.286. The Hall–Kier alpha value is -8.13. The third-order valence-electron chi connectivity index (χ3n) is 24.2. The lowest BCUT2D eigenvalue weighted by atomic mass is 9.79. The molecule has 114 heavy (non-hydrogen) atoms. The van der Waals surface area contributed by atoms with Crippen LogP contribution in [0.25, 0.3) is 0 Å². The summed E-state index contributed by atoms with van der Waals surface area (Å²) in [5, 5.41) is 0. The minimum absolute atomic E-state index is 0.0704. The largest absolute Gasteiger partial charge is 0.647 e. The number of hydrogen-bond donors (Lipinski definition) is 0. The van der Waals surface area contributed by atoms with Crippen molar-refractivity contribution in [3.05, 3.63) is 259 Å². The van der Waals surface area contributed by atoms with E-state index in [4.69, 9.17) is 40.7 Å². The molecule has 15 heteroatoms. The first kappa shape index (κ1) is 79.7. The van der Waals surface area contributed by atoms with Gasteiger partial charge in [0.1, 0.15) is 51.7 Å². The third-order valence-corrected chi connectivity index (χ3v) is 27.9. The number of rotatable bonds is 0. The van der Waals surface area contributed by atoms with Gasteiger partial charge in [-0.15, -0.1) is 0 Å². The van der Waals surface area contributed by atoms with Gasteiger partial charge >= 0.3 is 23.5 Å². The fourth-order valence-electron chi connectivity index (χ4n) is 17.1. The normalized spacial score (nSPS) is 19.7. The Morgan fingerprint density at radius 2 is 0.228 bits per heavy atom. The van der Waals surface area contributed by atoms with Gasteiger partial charge in [-0.05, 0) is 199 Å². The molecular weight excluding hydrogens is 1470 g/mol. The molecule has 12 bridgehead atoms. The second kappa shape index (κ2) is 26.2. The fraction of sp³-hybridized carbons (Fsp3) is 0.455. The van der Waals surface area contributed by atoms with Crippen LogP contribution in [-0.4, -0.2) is 0 Å². The smallest absolute Gasteiger partial charge is 0.385 e. The SMILES string of the molecule is CC(C)(C)c1cc2c3c(c1)Cc1cc(C(C)(C)C)cc4c1OP(=O)(O3)Oc1c(cc(C(C)(C)C)cc1Cc1cc(C(C)(C)C)cc3c1OP1(=O)Oc5c(cc(C(C)(C)C)cc5Cc5cc(C(C)(C)C)cc6c5OP5(=O)Oc7c(cc(C(C)(C)C)cc7Cc7cc(C(C)(C)C)cc(c7O5)Cc5cc(C(C)(C)C)cc(c5O1)C4)C6)C3)C2. The van der Waals surface area contributed by atoms with E-state index in [0.717, 1.165) is 106 Å². The van der Waals surface area contributed by atoms with Crippen LogP contribution in [0.3, 0.4) is 0 Å². The van der Waals surface area contributed by atoms with Crippen LogP contribution in [0.5, 0.6) is 51.7 Å². The van der Waals surface area contributed by atoms with Gasteiger partial charge in [0, 0.05) is 57.8 Å². The maximum atomic E-state index is 18.5. The molecule has 0 saturated heterocycles. The molecule has 7 aliphatic heterocycles. The molecule has 16 rings (SSSR count). The van der Waals surface area contributed by atoms with E-state index in [1.54, 1.807) is 0 Å². The van der Waals surface area contributed by atoms with Crippen LogP contribution < -0.4 is 40.7 Å². The van der Waals surface area contributed by atoms with Crippen LogP contribution in [-0.2, 0) is 120 Å². The van der Waals surface area contributed by atoms with E-state index in [2.05, 4.69) is 296 Å². The van der Waals surface area contributed by atoms with E-state index in [-0.39, 0.29) is 48.7 Å². The van der Waals surface area contributed by atoms with Crippen LogP contribution >= 0.6 is 23.5 Å². The molecular formula is C99H117O12P3. The zero-order chi connectivity index (χ0) is 82.2. The van der Waals surface area contributed by atoms with Crippen molar-refractivity contribution in [3.63, 3.8) is 0 Å². The summed E-state index contributed by atoms with van der Waals surface area (Å²) in [6.07, 6.45) is 2.20. The van der Waals surface area contributed by atoms with E-state index in [0.29, 0.717) is 116 Å². The van der Waals surface area contributed by atoms with Crippen molar-refractivity contribution in [2.45, 2.75) is 293 Å². The molecule has 0 unspecified atom stereocenters. The fourth-order valence-corrected chi connectivity index (χ4v) is 21.6. The highest BCUT2D eigenvalue weighted by atomic mass is 31.2. The van der Waals surface area contributed by atoms with Gasteiger partial charge in [0.05, 0.1) is 0 Å². The predicted octanol–water partition coefficient (Wildman–Crippen LogP) is 26.8. The number of benzene rings is 9. The Morgan fingerprint density at radius 3 is 0.289 bits per heavy atom. The molecule has 7 aliphatic rings. The van der Waals surface area contributed by atoms with Gasteiger partial charge in [0.15, 0.2) is 0 Å². The second-order valence-electron chi connectivity index (χ2n) is 43.1. The van der Waals surface area contributed by atoms with E-state index in [1.807, 2.05) is 0 Å². The molecule has 0 radical (unpaired) electrons. The molecule has 0 atom stereocenters. The summed E-state index contributed by atoms with van der Waals surface area (Å²) >= 11 is 0. The van der Waals surface area contributed by atoms with Crippen molar-refractivity contribution in [2.24, 2.45) is 0 Å². The molecule has 0 fully saturated rings. The molecule has 600 valence electrons. The standard InChI is InChI=1S/C99H117O12P3/c1-91(2,3)73-37-55-28-59-41-75(93(7,8)9)45-63-32-67-49-79(97(19,20)21)51-69-35-71-53-81(99(25,26)27)54-72-36-70-52-80(98(22,23)24)50-68-33-64-46-76(94(10,11)12)42-60-29-56-38-74(92(4,5)6)40-58(83(56)104-113(101,106-85(60)64)110-89(68)70)31-62-44-78(96(16,17)18)48-66-34-65-47-77(95(13,14)15)43-61(86(65)107-114(102,108-87(62)66)111-90(71)72)30-57(39-73)82(55)103-112(100,105-84(59)63)109-88(67)69/h37-54H,28-36H2,1-27H3. The van der Waals surface area contributed by atoms with Crippen molar-refractivity contribution in [1.29, 1.82) is 0 Å². The van der Waals surface area contributed by atoms with Crippen molar-refractivity contribution in [1.82, 2.24) is 0 Å².